The van der Waals surface area contributed by atoms with Gasteiger partial charge in [0.2, 0.25) is 0 Å². The Morgan fingerprint density at radius 3 is 2.11 bits per heavy atom. The van der Waals surface area contributed by atoms with Gasteiger partial charge in [0.05, 0.1) is 5.60 Å². The molecule has 1 aromatic rings. The van der Waals surface area contributed by atoms with E-state index in [1.807, 2.05) is 20.8 Å². The standard InChI is InChI=1S/C12H16F3NOS/c1-11(2,3)17-16-8-9-4-6-10(7-5-9)18-12(13,14)15/h4-7,16H,8H2,1-3H3. The van der Waals surface area contributed by atoms with E-state index in [9.17, 15) is 13.2 Å². The number of benzene rings is 1. The van der Waals surface area contributed by atoms with Crippen molar-refractivity contribution in [3.8, 4) is 0 Å². The Hall–Kier alpha value is -0.720. The summed E-state index contributed by atoms with van der Waals surface area (Å²) < 4.78 is 36.3. The van der Waals surface area contributed by atoms with Crippen molar-refractivity contribution in [2.45, 2.75) is 43.3 Å². The first-order valence-corrected chi connectivity index (χ1v) is 6.23. The molecule has 0 aromatic heterocycles. The molecule has 1 rings (SSSR count). The fourth-order valence-corrected chi connectivity index (χ4v) is 1.68. The lowest BCUT2D eigenvalue weighted by Crippen LogP contribution is -2.28. The van der Waals surface area contributed by atoms with E-state index in [4.69, 9.17) is 4.84 Å². The Balaban J connectivity index is 2.46. The molecule has 102 valence electrons. The molecule has 2 nitrogen and oxygen atoms in total. The average molecular weight is 279 g/mol. The molecule has 0 aliphatic rings. The maximum Gasteiger partial charge on any atom is 0.446 e. The number of thioether (sulfide) groups is 1. The van der Waals surface area contributed by atoms with Crippen molar-refractivity contribution in [3.63, 3.8) is 0 Å². The number of alkyl halides is 3. The Bertz CT molecular complexity index is 370. The highest BCUT2D eigenvalue weighted by Gasteiger charge is 2.28. The molecule has 0 amide bonds. The zero-order valence-corrected chi connectivity index (χ0v) is 11.3. The summed E-state index contributed by atoms with van der Waals surface area (Å²) in [5.41, 5.74) is -0.894. The molecule has 0 saturated carbocycles. The molecule has 1 N–H and O–H groups in total. The first-order chi connectivity index (χ1) is 8.16. The molecule has 0 fully saturated rings. The van der Waals surface area contributed by atoms with Crippen molar-refractivity contribution >= 4 is 11.8 Å². The predicted octanol–water partition coefficient (Wildman–Crippen LogP) is 4.12. The lowest BCUT2D eigenvalue weighted by atomic mass is 10.2. The van der Waals surface area contributed by atoms with Crippen LogP contribution in [0.4, 0.5) is 13.2 Å². The minimum Gasteiger partial charge on any atom is -0.296 e. The van der Waals surface area contributed by atoms with Crippen LogP contribution < -0.4 is 5.48 Å². The number of halogens is 3. The fourth-order valence-electron chi connectivity index (χ4n) is 1.14. The Labute approximate surface area is 109 Å². The van der Waals surface area contributed by atoms with E-state index in [2.05, 4.69) is 5.48 Å². The van der Waals surface area contributed by atoms with Gasteiger partial charge in [-0.15, -0.1) is 0 Å². The van der Waals surface area contributed by atoms with Gasteiger partial charge in [-0.25, -0.2) is 0 Å². The topological polar surface area (TPSA) is 21.3 Å². The van der Waals surface area contributed by atoms with Crippen molar-refractivity contribution in [2.24, 2.45) is 0 Å². The van der Waals surface area contributed by atoms with E-state index in [0.717, 1.165) is 5.56 Å². The Kier molecular flexibility index (Phi) is 5.07. The van der Waals surface area contributed by atoms with Gasteiger partial charge >= 0.3 is 5.51 Å². The first kappa shape index (κ1) is 15.3. The van der Waals surface area contributed by atoms with E-state index in [1.165, 1.54) is 12.1 Å². The third-order valence-corrected chi connectivity index (χ3v) is 2.55. The van der Waals surface area contributed by atoms with Gasteiger partial charge in [0.15, 0.2) is 0 Å². The number of hydroxylamine groups is 1. The van der Waals surface area contributed by atoms with Gasteiger partial charge in [0.1, 0.15) is 0 Å². The summed E-state index contributed by atoms with van der Waals surface area (Å²) in [7, 11) is 0. The Morgan fingerprint density at radius 2 is 1.67 bits per heavy atom. The molecular formula is C12H16F3NOS. The molecule has 1 aromatic carbocycles. The summed E-state index contributed by atoms with van der Waals surface area (Å²) in [4.78, 5) is 5.49. The summed E-state index contributed by atoms with van der Waals surface area (Å²) in [6.07, 6.45) is 0. The van der Waals surface area contributed by atoms with Crippen molar-refractivity contribution in [1.82, 2.24) is 5.48 Å². The van der Waals surface area contributed by atoms with Gasteiger partial charge in [0.25, 0.3) is 0 Å². The van der Waals surface area contributed by atoms with Gasteiger partial charge in [-0.2, -0.15) is 18.7 Å². The van der Waals surface area contributed by atoms with E-state index in [0.29, 0.717) is 6.54 Å². The molecule has 0 radical (unpaired) electrons. The zero-order chi connectivity index (χ0) is 13.8. The number of nitrogens with one attached hydrogen (secondary N) is 1. The maximum absolute atomic E-state index is 12.1. The molecule has 0 unspecified atom stereocenters. The summed E-state index contributed by atoms with van der Waals surface area (Å²) in [6, 6.07) is 6.19. The van der Waals surface area contributed by atoms with Gasteiger partial charge in [-0.3, -0.25) is 4.84 Å². The number of rotatable bonds is 4. The molecular weight excluding hydrogens is 263 g/mol. The van der Waals surface area contributed by atoms with Crippen LogP contribution in [0.2, 0.25) is 0 Å². The van der Waals surface area contributed by atoms with Crippen LogP contribution in [0.1, 0.15) is 26.3 Å². The van der Waals surface area contributed by atoms with Crippen LogP contribution >= 0.6 is 11.8 Å². The maximum atomic E-state index is 12.1. The van der Waals surface area contributed by atoms with Crippen molar-refractivity contribution in [2.75, 3.05) is 0 Å². The van der Waals surface area contributed by atoms with Crippen LogP contribution in [0.3, 0.4) is 0 Å². The number of hydrogen-bond acceptors (Lipinski definition) is 3. The van der Waals surface area contributed by atoms with Crippen molar-refractivity contribution in [1.29, 1.82) is 0 Å². The van der Waals surface area contributed by atoms with Crippen LogP contribution in [0.5, 0.6) is 0 Å². The molecule has 18 heavy (non-hydrogen) atoms. The minimum absolute atomic E-state index is 0.114. The molecule has 0 spiro atoms. The molecule has 0 heterocycles. The van der Waals surface area contributed by atoms with Crippen molar-refractivity contribution in [3.05, 3.63) is 29.8 Å². The van der Waals surface area contributed by atoms with Crippen LogP contribution in [0, 0.1) is 0 Å². The molecule has 0 aliphatic carbocycles. The fraction of sp³-hybridized carbons (Fsp3) is 0.500. The summed E-state index contributed by atoms with van der Waals surface area (Å²) in [5, 5.41) is 0. The summed E-state index contributed by atoms with van der Waals surface area (Å²) in [6.45, 7) is 6.17. The van der Waals surface area contributed by atoms with Gasteiger partial charge in [-0.1, -0.05) is 12.1 Å². The van der Waals surface area contributed by atoms with E-state index in [-0.39, 0.29) is 22.3 Å². The second-order valence-electron chi connectivity index (χ2n) is 4.73. The van der Waals surface area contributed by atoms with E-state index in [1.54, 1.807) is 12.1 Å². The highest BCUT2D eigenvalue weighted by Crippen LogP contribution is 2.36. The van der Waals surface area contributed by atoms with Gasteiger partial charge < -0.3 is 0 Å². The second-order valence-corrected chi connectivity index (χ2v) is 5.87. The van der Waals surface area contributed by atoms with E-state index >= 15 is 0 Å². The smallest absolute Gasteiger partial charge is 0.296 e. The zero-order valence-electron chi connectivity index (χ0n) is 10.5. The van der Waals surface area contributed by atoms with Crippen LogP contribution in [0.25, 0.3) is 0 Å². The molecule has 0 aliphatic heterocycles. The molecule has 6 heteroatoms. The van der Waals surface area contributed by atoms with Crippen LogP contribution in [-0.2, 0) is 11.4 Å². The normalized spacial score (nSPS) is 12.8. The second kappa shape index (κ2) is 5.95. The molecule has 0 atom stereocenters. The van der Waals surface area contributed by atoms with Gasteiger partial charge in [-0.05, 0) is 50.2 Å². The summed E-state index contributed by atoms with van der Waals surface area (Å²) in [5.74, 6) is 0. The van der Waals surface area contributed by atoms with E-state index < -0.39 is 5.51 Å². The predicted molar refractivity (Wildman–Crippen MR) is 66.0 cm³/mol. The average Bonchev–Trinajstić information content (AvgIpc) is 2.16. The largest absolute Gasteiger partial charge is 0.446 e. The highest BCUT2D eigenvalue weighted by molar-refractivity contribution is 8.00. The highest BCUT2D eigenvalue weighted by atomic mass is 32.2. The first-order valence-electron chi connectivity index (χ1n) is 5.41. The van der Waals surface area contributed by atoms with Crippen LogP contribution in [-0.4, -0.2) is 11.1 Å². The Morgan fingerprint density at radius 1 is 1.11 bits per heavy atom. The SMILES string of the molecule is CC(C)(C)ONCc1ccc(SC(F)(F)F)cc1. The number of hydrogen-bond donors (Lipinski definition) is 1. The lowest BCUT2D eigenvalue weighted by molar-refractivity contribution is -0.0757. The third-order valence-electron chi connectivity index (χ3n) is 1.81. The lowest BCUT2D eigenvalue weighted by Gasteiger charge is -2.19. The minimum atomic E-state index is -4.24. The van der Waals surface area contributed by atoms with Crippen LogP contribution in [0.15, 0.2) is 29.2 Å². The third kappa shape index (κ3) is 6.88. The molecule has 0 saturated heterocycles. The van der Waals surface area contributed by atoms with Gasteiger partial charge in [0, 0.05) is 11.4 Å². The van der Waals surface area contributed by atoms with Crippen molar-refractivity contribution < 1.29 is 18.0 Å². The molecule has 0 bridgehead atoms. The quantitative estimate of drug-likeness (QED) is 0.661. The monoisotopic (exact) mass is 279 g/mol. The summed E-state index contributed by atoms with van der Waals surface area (Å²) >= 11 is -0.114.